The summed E-state index contributed by atoms with van der Waals surface area (Å²) in [6, 6.07) is 13.0. The minimum Gasteiger partial charge on any atom is -0.396 e. The molecule has 3 heterocycles. The first-order valence-corrected chi connectivity index (χ1v) is 10.4. The molecule has 7 heteroatoms. The third-order valence-corrected chi connectivity index (χ3v) is 5.60. The van der Waals surface area contributed by atoms with Crippen LogP contribution in [0.2, 0.25) is 0 Å². The van der Waals surface area contributed by atoms with Gasteiger partial charge in [-0.05, 0) is 37.6 Å². The molecule has 6 nitrogen and oxygen atoms in total. The first kappa shape index (κ1) is 20.7. The average molecular weight is 410 g/mol. The molecule has 1 fully saturated rings. The van der Waals surface area contributed by atoms with E-state index in [1.165, 1.54) is 6.07 Å². The van der Waals surface area contributed by atoms with Gasteiger partial charge in [0.05, 0.1) is 11.9 Å². The molecule has 30 heavy (non-hydrogen) atoms. The van der Waals surface area contributed by atoms with Crippen LogP contribution in [0.25, 0.3) is 5.69 Å². The fourth-order valence-electron chi connectivity index (χ4n) is 4.10. The van der Waals surface area contributed by atoms with Crippen LogP contribution in [0.3, 0.4) is 0 Å². The molecular formula is C23H28FN5O. The number of aliphatic hydroxyl groups is 1. The molecule has 0 radical (unpaired) electrons. The summed E-state index contributed by atoms with van der Waals surface area (Å²) < 4.78 is 15.6. The molecule has 158 valence electrons. The topological polar surface area (TPSA) is 57.4 Å². The number of rotatable bonds is 7. The molecule has 4 rings (SSSR count). The Hall–Kier alpha value is -2.61. The van der Waals surface area contributed by atoms with Gasteiger partial charge in [-0.2, -0.15) is 5.10 Å². The summed E-state index contributed by atoms with van der Waals surface area (Å²) in [5, 5.41) is 13.9. The van der Waals surface area contributed by atoms with Gasteiger partial charge in [-0.25, -0.2) is 9.07 Å². The highest BCUT2D eigenvalue weighted by molar-refractivity contribution is 5.33. The predicted octanol–water partition coefficient (Wildman–Crippen LogP) is 2.78. The number of hydrogen-bond donors (Lipinski definition) is 1. The van der Waals surface area contributed by atoms with Crippen molar-refractivity contribution in [2.24, 2.45) is 0 Å². The molecule has 0 aliphatic carbocycles. The Morgan fingerprint density at radius 2 is 1.97 bits per heavy atom. The summed E-state index contributed by atoms with van der Waals surface area (Å²) in [6.07, 6.45) is 4.43. The molecule has 1 saturated heterocycles. The number of aromatic nitrogens is 3. The number of aryl methyl sites for hydroxylation is 1. The molecule has 1 aliphatic heterocycles. The molecule has 2 aromatic heterocycles. The van der Waals surface area contributed by atoms with Crippen LogP contribution in [0.15, 0.2) is 54.9 Å². The third kappa shape index (κ3) is 4.92. The van der Waals surface area contributed by atoms with E-state index in [2.05, 4.69) is 25.9 Å². The van der Waals surface area contributed by atoms with E-state index in [0.29, 0.717) is 5.69 Å². The lowest BCUT2D eigenvalue weighted by Gasteiger charge is -2.41. The van der Waals surface area contributed by atoms with Gasteiger partial charge < -0.3 is 5.11 Å². The van der Waals surface area contributed by atoms with Crippen molar-refractivity contribution in [3.63, 3.8) is 0 Å². The fourth-order valence-corrected chi connectivity index (χ4v) is 4.10. The van der Waals surface area contributed by atoms with Gasteiger partial charge in [-0.1, -0.05) is 18.2 Å². The third-order valence-electron chi connectivity index (χ3n) is 5.60. The number of hydrogen-bond acceptors (Lipinski definition) is 5. The zero-order valence-electron chi connectivity index (χ0n) is 17.3. The fraction of sp³-hybridized carbons (Fsp3) is 0.391. The number of halogens is 1. The van der Waals surface area contributed by atoms with Crippen LogP contribution in [-0.4, -0.2) is 62.0 Å². The van der Waals surface area contributed by atoms with Crippen molar-refractivity contribution < 1.29 is 9.50 Å². The predicted molar refractivity (Wildman–Crippen MR) is 114 cm³/mol. The highest BCUT2D eigenvalue weighted by atomic mass is 19.1. The van der Waals surface area contributed by atoms with Gasteiger partial charge in [-0.3, -0.25) is 14.8 Å². The van der Waals surface area contributed by atoms with Crippen LogP contribution in [-0.2, 0) is 13.1 Å². The minimum atomic E-state index is -0.284. The molecule has 0 bridgehead atoms. The van der Waals surface area contributed by atoms with Gasteiger partial charge in [-0.15, -0.1) is 0 Å². The first-order valence-electron chi connectivity index (χ1n) is 10.4. The number of aliphatic hydroxyl groups excluding tert-OH is 1. The van der Waals surface area contributed by atoms with Gasteiger partial charge in [0.1, 0.15) is 11.5 Å². The molecule has 0 spiro atoms. The highest BCUT2D eigenvalue weighted by Gasteiger charge is 2.27. The van der Waals surface area contributed by atoms with E-state index in [1.807, 2.05) is 31.3 Å². The second-order valence-corrected chi connectivity index (χ2v) is 7.89. The molecule has 0 saturated carbocycles. The smallest absolute Gasteiger partial charge is 0.148 e. The largest absolute Gasteiger partial charge is 0.396 e. The Labute approximate surface area is 176 Å². The Morgan fingerprint density at radius 1 is 1.10 bits per heavy atom. The maximum absolute atomic E-state index is 14.0. The summed E-state index contributed by atoms with van der Waals surface area (Å²) >= 11 is 0. The van der Waals surface area contributed by atoms with Crippen molar-refractivity contribution in [1.29, 1.82) is 0 Å². The number of pyridine rings is 1. The van der Waals surface area contributed by atoms with E-state index in [4.69, 9.17) is 0 Å². The monoisotopic (exact) mass is 409 g/mol. The standard InChI is InChI=1S/C23H28FN5O/c1-18-5-4-6-20(26-18)16-28-11-10-27(17-21(28)9-12-30)14-19-13-25-29(15-19)23-8-3-2-7-22(23)24/h2-8,13,15,21,30H,9-12,14,16-17H2,1H3/t21-/m0/s1. The van der Waals surface area contributed by atoms with Gasteiger partial charge in [0.2, 0.25) is 0 Å². The van der Waals surface area contributed by atoms with Gasteiger partial charge >= 0.3 is 0 Å². The molecule has 0 amide bonds. The van der Waals surface area contributed by atoms with E-state index < -0.39 is 0 Å². The van der Waals surface area contributed by atoms with Crippen LogP contribution < -0.4 is 0 Å². The SMILES string of the molecule is Cc1cccc(CN2CCN(Cc3cnn(-c4ccccc4F)c3)C[C@@H]2CCO)n1. The lowest BCUT2D eigenvalue weighted by Crippen LogP contribution is -2.52. The van der Waals surface area contributed by atoms with Crippen molar-refractivity contribution in [3.05, 3.63) is 77.6 Å². The number of nitrogens with zero attached hydrogens (tertiary/aromatic N) is 5. The van der Waals surface area contributed by atoms with Gasteiger partial charge in [0.15, 0.2) is 0 Å². The van der Waals surface area contributed by atoms with Crippen molar-refractivity contribution in [2.75, 3.05) is 26.2 Å². The summed E-state index contributed by atoms with van der Waals surface area (Å²) in [5.41, 5.74) is 3.60. The summed E-state index contributed by atoms with van der Waals surface area (Å²) in [6.45, 7) is 6.45. The van der Waals surface area contributed by atoms with E-state index in [9.17, 15) is 9.50 Å². The Morgan fingerprint density at radius 3 is 2.77 bits per heavy atom. The lowest BCUT2D eigenvalue weighted by atomic mass is 10.1. The van der Waals surface area contributed by atoms with E-state index in [-0.39, 0.29) is 18.5 Å². The van der Waals surface area contributed by atoms with Crippen molar-refractivity contribution >= 4 is 0 Å². The van der Waals surface area contributed by atoms with E-state index in [1.54, 1.807) is 23.0 Å². The average Bonchev–Trinajstić information content (AvgIpc) is 3.19. The molecule has 1 aliphatic rings. The normalized spacial score (nSPS) is 18.0. The molecular weight excluding hydrogens is 381 g/mol. The van der Waals surface area contributed by atoms with Gasteiger partial charge in [0, 0.05) is 62.8 Å². The summed E-state index contributed by atoms with van der Waals surface area (Å²) in [4.78, 5) is 9.42. The zero-order chi connectivity index (χ0) is 20.9. The Bertz CT molecular complexity index is 975. The number of piperazine rings is 1. The van der Waals surface area contributed by atoms with Crippen LogP contribution in [0.4, 0.5) is 4.39 Å². The second kappa shape index (κ2) is 9.47. The Balaban J connectivity index is 1.40. The van der Waals surface area contributed by atoms with Crippen molar-refractivity contribution in [2.45, 2.75) is 32.5 Å². The van der Waals surface area contributed by atoms with Crippen molar-refractivity contribution in [1.82, 2.24) is 24.6 Å². The van der Waals surface area contributed by atoms with Gasteiger partial charge in [0.25, 0.3) is 0 Å². The van der Waals surface area contributed by atoms with Crippen LogP contribution >= 0.6 is 0 Å². The maximum atomic E-state index is 14.0. The highest BCUT2D eigenvalue weighted by Crippen LogP contribution is 2.19. The van der Waals surface area contributed by atoms with E-state index >= 15 is 0 Å². The van der Waals surface area contributed by atoms with Crippen LogP contribution in [0.1, 0.15) is 23.4 Å². The molecule has 1 N–H and O–H groups in total. The molecule has 1 aromatic carbocycles. The minimum absolute atomic E-state index is 0.168. The maximum Gasteiger partial charge on any atom is 0.148 e. The summed E-state index contributed by atoms with van der Waals surface area (Å²) in [5.74, 6) is -0.284. The zero-order valence-corrected chi connectivity index (χ0v) is 17.3. The molecule has 0 unspecified atom stereocenters. The van der Waals surface area contributed by atoms with Crippen LogP contribution in [0, 0.1) is 12.7 Å². The number of benzene rings is 1. The molecule has 1 atom stereocenters. The molecule has 3 aromatic rings. The quantitative estimate of drug-likeness (QED) is 0.650. The number of para-hydroxylation sites is 1. The second-order valence-electron chi connectivity index (χ2n) is 7.89. The lowest BCUT2D eigenvalue weighted by molar-refractivity contribution is 0.0491. The Kier molecular flexibility index (Phi) is 6.52. The summed E-state index contributed by atoms with van der Waals surface area (Å²) in [7, 11) is 0. The van der Waals surface area contributed by atoms with Crippen LogP contribution in [0.5, 0.6) is 0 Å². The van der Waals surface area contributed by atoms with E-state index in [0.717, 1.165) is 56.1 Å². The van der Waals surface area contributed by atoms with Crippen molar-refractivity contribution in [3.8, 4) is 5.69 Å². The first-order chi connectivity index (χ1) is 14.6.